The molecule has 1 atom stereocenters. The number of carbonyl (C=O) groups excluding carboxylic acids is 2. The van der Waals surface area contributed by atoms with Gasteiger partial charge in [0, 0.05) is 50.4 Å². The summed E-state index contributed by atoms with van der Waals surface area (Å²) in [6, 6.07) is -0.0518. The molecule has 146 valence electrons. The fourth-order valence-corrected chi connectivity index (χ4v) is 3.35. The van der Waals surface area contributed by atoms with Crippen LogP contribution in [0.2, 0.25) is 0 Å². The molecule has 3 amide bonds. The molecule has 2 heterocycles. The van der Waals surface area contributed by atoms with Crippen molar-refractivity contribution in [2.24, 2.45) is 11.8 Å². The quantitative estimate of drug-likeness (QED) is 0.808. The molecule has 0 bridgehead atoms. The Morgan fingerprint density at radius 2 is 2.15 bits per heavy atom. The topological polar surface area (TPSA) is 70.5 Å². The first kappa shape index (κ1) is 20.3. The molecule has 0 aliphatic carbocycles. The normalized spacial score (nSPS) is 17.4. The van der Waals surface area contributed by atoms with Crippen LogP contribution in [-0.4, -0.2) is 57.7 Å². The van der Waals surface area contributed by atoms with Crippen molar-refractivity contribution in [2.45, 2.75) is 53.6 Å². The summed E-state index contributed by atoms with van der Waals surface area (Å²) in [5, 5.41) is 7.32. The third-order valence-corrected chi connectivity index (χ3v) is 4.92. The molecule has 0 aromatic carbocycles. The highest BCUT2D eigenvalue weighted by Gasteiger charge is 2.25. The smallest absolute Gasteiger partial charge is 0.317 e. The molecule has 7 heteroatoms. The second-order valence-electron chi connectivity index (χ2n) is 7.35. The molecule has 1 unspecified atom stereocenters. The maximum atomic E-state index is 12.5. The lowest BCUT2D eigenvalue weighted by molar-refractivity contribution is -0.136. The summed E-state index contributed by atoms with van der Waals surface area (Å²) in [6.07, 6.45) is 5.85. The Hall–Kier alpha value is -2.05. The SMILES string of the molecule is CCN(Cc1cnn(CC)c1)C(=O)NCC1CCCN(C(=O)C(C)C)C1. The van der Waals surface area contributed by atoms with E-state index in [2.05, 4.69) is 10.4 Å². The predicted octanol–water partition coefficient (Wildman–Crippen LogP) is 2.33. The van der Waals surface area contributed by atoms with Crippen LogP contribution in [0.25, 0.3) is 0 Å². The largest absolute Gasteiger partial charge is 0.342 e. The molecular weight excluding hydrogens is 330 g/mol. The number of urea groups is 1. The Balaban J connectivity index is 1.82. The third kappa shape index (κ3) is 5.47. The first-order valence-electron chi connectivity index (χ1n) is 9.77. The maximum absolute atomic E-state index is 12.5. The van der Waals surface area contributed by atoms with Crippen molar-refractivity contribution in [2.75, 3.05) is 26.2 Å². The number of aromatic nitrogens is 2. The van der Waals surface area contributed by atoms with E-state index < -0.39 is 0 Å². The maximum Gasteiger partial charge on any atom is 0.317 e. The fraction of sp³-hybridized carbons (Fsp3) is 0.737. The molecule has 1 aliphatic rings. The summed E-state index contributed by atoms with van der Waals surface area (Å²) in [6.45, 7) is 12.1. The van der Waals surface area contributed by atoms with Crippen molar-refractivity contribution in [1.82, 2.24) is 24.9 Å². The van der Waals surface area contributed by atoms with Crippen LogP contribution in [-0.2, 0) is 17.9 Å². The van der Waals surface area contributed by atoms with E-state index in [0.717, 1.165) is 38.0 Å². The van der Waals surface area contributed by atoms with Gasteiger partial charge in [0.05, 0.1) is 12.7 Å². The Morgan fingerprint density at radius 1 is 1.38 bits per heavy atom. The number of hydrogen-bond donors (Lipinski definition) is 1. The first-order valence-corrected chi connectivity index (χ1v) is 9.77. The van der Waals surface area contributed by atoms with E-state index >= 15 is 0 Å². The summed E-state index contributed by atoms with van der Waals surface area (Å²) in [5.41, 5.74) is 1.04. The van der Waals surface area contributed by atoms with Gasteiger partial charge in [-0.3, -0.25) is 9.48 Å². The van der Waals surface area contributed by atoms with Crippen LogP contribution in [0, 0.1) is 11.8 Å². The lowest BCUT2D eigenvalue weighted by Gasteiger charge is -2.34. The van der Waals surface area contributed by atoms with Gasteiger partial charge in [-0.2, -0.15) is 5.10 Å². The van der Waals surface area contributed by atoms with Gasteiger partial charge in [-0.15, -0.1) is 0 Å². The number of likely N-dealkylation sites (tertiary alicyclic amines) is 1. The summed E-state index contributed by atoms with van der Waals surface area (Å²) >= 11 is 0. The second-order valence-corrected chi connectivity index (χ2v) is 7.35. The molecule has 1 aromatic heterocycles. The van der Waals surface area contributed by atoms with E-state index in [0.29, 0.717) is 25.6 Å². The zero-order valence-electron chi connectivity index (χ0n) is 16.6. The molecule has 2 rings (SSSR count). The van der Waals surface area contributed by atoms with Crippen LogP contribution < -0.4 is 5.32 Å². The minimum Gasteiger partial charge on any atom is -0.342 e. The lowest BCUT2D eigenvalue weighted by atomic mass is 9.97. The van der Waals surface area contributed by atoms with Crippen LogP contribution in [0.4, 0.5) is 4.79 Å². The highest BCUT2D eigenvalue weighted by molar-refractivity contribution is 5.78. The van der Waals surface area contributed by atoms with Gasteiger partial charge in [0.15, 0.2) is 0 Å². The van der Waals surface area contributed by atoms with Gasteiger partial charge in [0.2, 0.25) is 5.91 Å². The van der Waals surface area contributed by atoms with E-state index in [1.54, 1.807) is 4.90 Å². The number of piperidine rings is 1. The Kier molecular flexibility index (Phi) is 7.48. The number of hydrogen-bond acceptors (Lipinski definition) is 3. The van der Waals surface area contributed by atoms with Crippen molar-refractivity contribution in [3.05, 3.63) is 18.0 Å². The molecule has 7 nitrogen and oxygen atoms in total. The van der Waals surface area contributed by atoms with Gasteiger partial charge in [0.1, 0.15) is 0 Å². The zero-order chi connectivity index (χ0) is 19.1. The van der Waals surface area contributed by atoms with Gasteiger partial charge in [-0.1, -0.05) is 13.8 Å². The van der Waals surface area contributed by atoms with E-state index in [4.69, 9.17) is 0 Å². The molecule has 1 N–H and O–H groups in total. The molecule has 1 fully saturated rings. The number of carbonyl (C=O) groups is 2. The van der Waals surface area contributed by atoms with Gasteiger partial charge >= 0.3 is 6.03 Å². The fourth-order valence-electron chi connectivity index (χ4n) is 3.35. The van der Waals surface area contributed by atoms with Gasteiger partial charge in [0.25, 0.3) is 0 Å². The van der Waals surface area contributed by atoms with Crippen LogP contribution in [0.1, 0.15) is 46.1 Å². The number of amides is 3. The number of nitrogens with zero attached hydrogens (tertiary/aromatic N) is 4. The highest BCUT2D eigenvalue weighted by atomic mass is 16.2. The molecule has 1 saturated heterocycles. The Morgan fingerprint density at radius 3 is 2.77 bits per heavy atom. The van der Waals surface area contributed by atoms with E-state index in [1.807, 2.05) is 49.7 Å². The minimum absolute atomic E-state index is 0.0305. The zero-order valence-corrected chi connectivity index (χ0v) is 16.6. The van der Waals surface area contributed by atoms with Crippen molar-refractivity contribution >= 4 is 11.9 Å². The van der Waals surface area contributed by atoms with Crippen LogP contribution in [0.3, 0.4) is 0 Å². The van der Waals surface area contributed by atoms with Crippen LogP contribution in [0.5, 0.6) is 0 Å². The number of nitrogens with one attached hydrogen (secondary N) is 1. The van der Waals surface area contributed by atoms with Gasteiger partial charge < -0.3 is 15.1 Å². The summed E-state index contributed by atoms with van der Waals surface area (Å²) < 4.78 is 1.86. The average molecular weight is 364 g/mol. The Bertz CT molecular complexity index is 599. The summed E-state index contributed by atoms with van der Waals surface area (Å²) in [4.78, 5) is 28.5. The lowest BCUT2D eigenvalue weighted by Crippen LogP contribution is -2.47. The summed E-state index contributed by atoms with van der Waals surface area (Å²) in [5.74, 6) is 0.573. The van der Waals surface area contributed by atoms with Crippen LogP contribution in [0.15, 0.2) is 12.4 Å². The minimum atomic E-state index is -0.0518. The third-order valence-electron chi connectivity index (χ3n) is 4.92. The molecule has 26 heavy (non-hydrogen) atoms. The standard InChI is InChI=1S/C19H33N5O2/c1-5-22(13-17-11-21-24(6-2)14-17)19(26)20-10-16-8-7-9-23(12-16)18(25)15(3)4/h11,14-16H,5-10,12-13H2,1-4H3,(H,20,26). The summed E-state index contributed by atoms with van der Waals surface area (Å²) in [7, 11) is 0. The van der Waals surface area contributed by atoms with Gasteiger partial charge in [-0.05, 0) is 32.6 Å². The number of rotatable bonds is 7. The molecule has 0 saturated carbocycles. The van der Waals surface area contributed by atoms with Crippen molar-refractivity contribution in [3.63, 3.8) is 0 Å². The molecular formula is C19H33N5O2. The molecule has 0 spiro atoms. The number of aryl methyl sites for hydroxylation is 1. The van der Waals surface area contributed by atoms with Crippen molar-refractivity contribution in [1.29, 1.82) is 0 Å². The van der Waals surface area contributed by atoms with Gasteiger partial charge in [-0.25, -0.2) is 4.79 Å². The van der Waals surface area contributed by atoms with E-state index in [9.17, 15) is 9.59 Å². The predicted molar refractivity (Wildman–Crippen MR) is 102 cm³/mol. The average Bonchev–Trinajstić information content (AvgIpc) is 3.11. The monoisotopic (exact) mass is 363 g/mol. The second kappa shape index (κ2) is 9.59. The molecule has 1 aromatic rings. The van der Waals surface area contributed by atoms with Crippen molar-refractivity contribution in [3.8, 4) is 0 Å². The first-order chi connectivity index (χ1) is 12.4. The van der Waals surface area contributed by atoms with Crippen molar-refractivity contribution < 1.29 is 9.59 Å². The molecule has 1 aliphatic heterocycles. The Labute approximate surface area is 156 Å². The van der Waals surface area contributed by atoms with E-state index in [1.165, 1.54) is 0 Å². The van der Waals surface area contributed by atoms with Crippen LogP contribution >= 0.6 is 0 Å². The highest BCUT2D eigenvalue weighted by Crippen LogP contribution is 2.18. The van der Waals surface area contributed by atoms with E-state index in [-0.39, 0.29) is 17.9 Å². The molecule has 0 radical (unpaired) electrons.